The molecule has 2 rings (SSSR count). The van der Waals surface area contributed by atoms with Crippen molar-refractivity contribution in [2.75, 3.05) is 5.32 Å². The SMILES string of the molecule is O=C(O)Cc1ccc(NC(=O)NCc2ccon2)cc1. The number of carbonyl (C=O) groups is 2. The molecule has 7 nitrogen and oxygen atoms in total. The van der Waals surface area contributed by atoms with Crippen molar-refractivity contribution in [3.63, 3.8) is 0 Å². The van der Waals surface area contributed by atoms with E-state index in [0.29, 0.717) is 16.9 Å². The van der Waals surface area contributed by atoms with Gasteiger partial charge >= 0.3 is 12.0 Å². The Morgan fingerprint density at radius 1 is 1.20 bits per heavy atom. The van der Waals surface area contributed by atoms with Crippen LogP contribution < -0.4 is 10.6 Å². The molecule has 0 unspecified atom stereocenters. The monoisotopic (exact) mass is 275 g/mol. The van der Waals surface area contributed by atoms with Crippen molar-refractivity contribution < 1.29 is 19.2 Å². The highest BCUT2D eigenvalue weighted by Crippen LogP contribution is 2.10. The Morgan fingerprint density at radius 2 is 1.95 bits per heavy atom. The van der Waals surface area contributed by atoms with Gasteiger partial charge in [0.2, 0.25) is 0 Å². The fourth-order valence-corrected chi connectivity index (χ4v) is 1.56. The summed E-state index contributed by atoms with van der Waals surface area (Å²) in [5.74, 6) is -0.893. The fraction of sp³-hybridized carbons (Fsp3) is 0.154. The number of aliphatic carboxylic acids is 1. The van der Waals surface area contributed by atoms with Gasteiger partial charge in [0, 0.05) is 11.8 Å². The molecule has 0 fully saturated rings. The van der Waals surface area contributed by atoms with Gasteiger partial charge in [-0.05, 0) is 17.7 Å². The average Bonchev–Trinajstić information content (AvgIpc) is 2.91. The zero-order chi connectivity index (χ0) is 14.4. The third kappa shape index (κ3) is 4.13. The number of nitrogens with one attached hydrogen (secondary N) is 2. The molecule has 3 N–H and O–H groups in total. The quantitative estimate of drug-likeness (QED) is 0.769. The molecule has 0 aliphatic heterocycles. The first-order valence-electron chi connectivity index (χ1n) is 5.88. The largest absolute Gasteiger partial charge is 0.481 e. The number of amides is 2. The number of hydrogen-bond acceptors (Lipinski definition) is 4. The molecule has 0 atom stereocenters. The van der Waals surface area contributed by atoms with Crippen molar-refractivity contribution in [1.82, 2.24) is 10.5 Å². The number of urea groups is 1. The van der Waals surface area contributed by atoms with Gasteiger partial charge in [-0.1, -0.05) is 17.3 Å². The second-order valence-corrected chi connectivity index (χ2v) is 4.07. The number of aromatic nitrogens is 1. The molecule has 2 aromatic rings. The van der Waals surface area contributed by atoms with Gasteiger partial charge in [0.25, 0.3) is 0 Å². The molecular weight excluding hydrogens is 262 g/mol. The lowest BCUT2D eigenvalue weighted by molar-refractivity contribution is -0.136. The van der Waals surface area contributed by atoms with Crippen LogP contribution in [0, 0.1) is 0 Å². The van der Waals surface area contributed by atoms with E-state index in [2.05, 4.69) is 20.3 Å². The first-order valence-corrected chi connectivity index (χ1v) is 5.88. The summed E-state index contributed by atoms with van der Waals surface area (Å²) in [4.78, 5) is 22.1. The maximum Gasteiger partial charge on any atom is 0.319 e. The zero-order valence-corrected chi connectivity index (χ0v) is 10.5. The summed E-state index contributed by atoms with van der Waals surface area (Å²) in [6.45, 7) is 0.263. The molecule has 1 heterocycles. The smallest absolute Gasteiger partial charge is 0.319 e. The third-order valence-electron chi connectivity index (χ3n) is 2.49. The molecule has 0 saturated carbocycles. The van der Waals surface area contributed by atoms with Crippen molar-refractivity contribution >= 4 is 17.7 Å². The first kappa shape index (κ1) is 13.6. The topological polar surface area (TPSA) is 104 Å². The Bertz CT molecular complexity index is 578. The van der Waals surface area contributed by atoms with E-state index in [4.69, 9.17) is 5.11 Å². The summed E-state index contributed by atoms with van der Waals surface area (Å²) in [7, 11) is 0. The summed E-state index contributed by atoms with van der Waals surface area (Å²) in [6.07, 6.45) is 1.38. The fourth-order valence-electron chi connectivity index (χ4n) is 1.56. The van der Waals surface area contributed by atoms with Crippen LogP contribution in [-0.4, -0.2) is 22.3 Å². The van der Waals surface area contributed by atoms with Crippen molar-refractivity contribution in [2.45, 2.75) is 13.0 Å². The Hall–Kier alpha value is -2.83. The lowest BCUT2D eigenvalue weighted by atomic mass is 10.1. The summed E-state index contributed by atoms with van der Waals surface area (Å²) < 4.78 is 4.64. The molecule has 20 heavy (non-hydrogen) atoms. The highest BCUT2D eigenvalue weighted by atomic mass is 16.5. The van der Waals surface area contributed by atoms with E-state index in [1.807, 2.05) is 0 Å². The molecule has 1 aromatic carbocycles. The van der Waals surface area contributed by atoms with Crippen LogP contribution in [0.15, 0.2) is 41.1 Å². The third-order valence-corrected chi connectivity index (χ3v) is 2.49. The van der Waals surface area contributed by atoms with Crippen molar-refractivity contribution in [3.05, 3.63) is 47.9 Å². The lowest BCUT2D eigenvalue weighted by Gasteiger charge is -2.06. The van der Waals surface area contributed by atoms with Gasteiger partial charge in [-0.25, -0.2) is 4.79 Å². The number of nitrogens with zero attached hydrogens (tertiary/aromatic N) is 1. The molecule has 0 aliphatic rings. The molecule has 0 spiro atoms. The highest BCUT2D eigenvalue weighted by molar-refractivity contribution is 5.89. The van der Waals surface area contributed by atoms with Crippen LogP contribution in [0.5, 0.6) is 0 Å². The minimum Gasteiger partial charge on any atom is -0.481 e. The van der Waals surface area contributed by atoms with Crippen LogP contribution in [-0.2, 0) is 17.8 Å². The van der Waals surface area contributed by atoms with Crippen molar-refractivity contribution in [1.29, 1.82) is 0 Å². The lowest BCUT2D eigenvalue weighted by Crippen LogP contribution is -2.28. The van der Waals surface area contributed by atoms with Gasteiger partial charge < -0.3 is 20.3 Å². The molecule has 104 valence electrons. The Morgan fingerprint density at radius 3 is 2.55 bits per heavy atom. The van der Waals surface area contributed by atoms with Crippen LogP contribution in [0.2, 0.25) is 0 Å². The van der Waals surface area contributed by atoms with E-state index >= 15 is 0 Å². The first-order chi connectivity index (χ1) is 9.63. The van der Waals surface area contributed by atoms with E-state index < -0.39 is 5.97 Å². The van der Waals surface area contributed by atoms with Gasteiger partial charge in [-0.15, -0.1) is 0 Å². The van der Waals surface area contributed by atoms with Crippen LogP contribution in [0.3, 0.4) is 0 Å². The van der Waals surface area contributed by atoms with Gasteiger partial charge in [-0.2, -0.15) is 0 Å². The molecule has 0 bridgehead atoms. The number of carboxylic acid groups (broad SMARTS) is 1. The van der Waals surface area contributed by atoms with E-state index in [-0.39, 0.29) is 19.0 Å². The van der Waals surface area contributed by atoms with E-state index in [1.54, 1.807) is 30.3 Å². The Balaban J connectivity index is 1.83. The number of anilines is 1. The van der Waals surface area contributed by atoms with E-state index in [9.17, 15) is 9.59 Å². The van der Waals surface area contributed by atoms with Crippen LogP contribution in [0.25, 0.3) is 0 Å². The summed E-state index contributed by atoms with van der Waals surface area (Å²) >= 11 is 0. The van der Waals surface area contributed by atoms with Gasteiger partial charge in [0.1, 0.15) is 12.0 Å². The van der Waals surface area contributed by atoms with Gasteiger partial charge in [0.05, 0.1) is 13.0 Å². The predicted molar refractivity (Wildman–Crippen MR) is 70.1 cm³/mol. The zero-order valence-electron chi connectivity index (χ0n) is 10.5. The number of rotatable bonds is 5. The normalized spacial score (nSPS) is 10.0. The second-order valence-electron chi connectivity index (χ2n) is 4.07. The number of benzene rings is 1. The van der Waals surface area contributed by atoms with Gasteiger partial charge in [0.15, 0.2) is 0 Å². The van der Waals surface area contributed by atoms with Crippen LogP contribution in [0.1, 0.15) is 11.3 Å². The van der Waals surface area contributed by atoms with E-state index in [0.717, 1.165) is 0 Å². The minimum absolute atomic E-state index is 0.0430. The van der Waals surface area contributed by atoms with Crippen LogP contribution >= 0.6 is 0 Å². The maximum absolute atomic E-state index is 11.6. The minimum atomic E-state index is -0.893. The predicted octanol–water partition coefficient (Wildman–Crippen LogP) is 1.62. The molecular formula is C13H13N3O4. The average molecular weight is 275 g/mol. The molecule has 1 aromatic heterocycles. The molecule has 0 aliphatic carbocycles. The summed E-state index contributed by atoms with van der Waals surface area (Å²) in [6, 6.07) is 7.88. The van der Waals surface area contributed by atoms with E-state index in [1.165, 1.54) is 6.26 Å². The molecule has 0 radical (unpaired) electrons. The van der Waals surface area contributed by atoms with Crippen molar-refractivity contribution in [3.8, 4) is 0 Å². The Labute approximate surface area is 114 Å². The summed E-state index contributed by atoms with van der Waals surface area (Å²) in [5.41, 5.74) is 1.87. The van der Waals surface area contributed by atoms with Crippen LogP contribution in [0.4, 0.5) is 10.5 Å². The maximum atomic E-state index is 11.6. The summed E-state index contributed by atoms with van der Waals surface area (Å²) in [5, 5.41) is 17.6. The Kier molecular flexibility index (Phi) is 4.33. The molecule has 7 heteroatoms. The number of carbonyl (C=O) groups excluding carboxylic acids is 1. The standard InChI is InChI=1S/C13H13N3O4/c17-12(18)7-9-1-3-10(4-2-9)15-13(19)14-8-11-5-6-20-16-11/h1-6H,7-8H2,(H,17,18)(H2,14,15,19). The number of hydrogen-bond donors (Lipinski definition) is 3. The second kappa shape index (κ2) is 6.37. The van der Waals surface area contributed by atoms with Gasteiger partial charge in [-0.3, -0.25) is 4.79 Å². The van der Waals surface area contributed by atoms with Crippen molar-refractivity contribution in [2.24, 2.45) is 0 Å². The number of carboxylic acids is 1. The molecule has 0 saturated heterocycles. The molecule has 2 amide bonds. The highest BCUT2D eigenvalue weighted by Gasteiger charge is 2.04.